The molecule has 0 unspecified atom stereocenters. The minimum atomic E-state index is -3.65. The third-order valence-corrected chi connectivity index (χ3v) is 10.0. The number of anilines is 5. The van der Waals surface area contributed by atoms with Crippen LogP contribution in [0.2, 0.25) is 0 Å². The lowest BCUT2D eigenvalue weighted by atomic mass is 9.86. The van der Waals surface area contributed by atoms with Gasteiger partial charge < -0.3 is 35.5 Å². The van der Waals surface area contributed by atoms with E-state index < -0.39 is 16.1 Å². The molecule has 0 bridgehead atoms. The molecule has 1 fully saturated rings. The standard InChI is InChI=1S/C44H49N7O7S/c1-7-29-23-30(42(52)46-17-19-51-18-10-21-57-22-20-51)25-32(24-29)47-40-28-33(15-16-45-40)58-39-14-13-36(34-11-8-9-12-35(34)39)48-43(53)49-37-26-31(44(2,3)4)27-38(41(37)56-5)50-59(6,54)55/h1,8-9,11-16,23-28,50H,10,17-22H2,2-6H3,(H,45,47)(H,46,52)(H2,48,49,53). The molecule has 1 aliphatic rings. The van der Waals surface area contributed by atoms with E-state index in [0.29, 0.717) is 58.4 Å². The van der Waals surface area contributed by atoms with Crippen molar-refractivity contribution in [2.24, 2.45) is 0 Å². The van der Waals surface area contributed by atoms with E-state index in [0.717, 1.165) is 49.9 Å². The Bertz CT molecular complexity index is 2490. The number of pyridine rings is 1. The summed E-state index contributed by atoms with van der Waals surface area (Å²) in [6, 6.07) is 22.5. The van der Waals surface area contributed by atoms with Gasteiger partial charge in [-0.3, -0.25) is 14.4 Å². The Kier molecular flexibility index (Phi) is 13.3. The molecule has 308 valence electrons. The zero-order chi connectivity index (χ0) is 42.2. The fraction of sp³-hybridized carbons (Fsp3) is 0.295. The number of methoxy groups -OCH3 is 1. The van der Waals surface area contributed by atoms with Crippen molar-refractivity contribution in [1.82, 2.24) is 15.2 Å². The van der Waals surface area contributed by atoms with Gasteiger partial charge in [-0.2, -0.15) is 0 Å². The molecule has 0 spiro atoms. The number of carbonyl (C=O) groups excluding carboxylic acids is 2. The quantitative estimate of drug-likeness (QED) is 0.0749. The summed E-state index contributed by atoms with van der Waals surface area (Å²) < 4.78 is 44.3. The van der Waals surface area contributed by atoms with Crippen LogP contribution in [-0.2, 0) is 20.2 Å². The molecule has 14 nitrogen and oxygen atoms in total. The van der Waals surface area contributed by atoms with Crippen molar-refractivity contribution >= 4 is 61.3 Å². The van der Waals surface area contributed by atoms with Crippen molar-refractivity contribution in [3.05, 3.63) is 102 Å². The first-order valence-corrected chi connectivity index (χ1v) is 21.0. The van der Waals surface area contributed by atoms with Crippen molar-refractivity contribution in [2.45, 2.75) is 32.6 Å². The van der Waals surface area contributed by atoms with Crippen LogP contribution in [0.4, 0.5) is 33.4 Å². The molecule has 15 heteroatoms. The van der Waals surface area contributed by atoms with Gasteiger partial charge in [-0.25, -0.2) is 18.2 Å². The van der Waals surface area contributed by atoms with Crippen LogP contribution < -0.4 is 35.5 Å². The molecule has 6 rings (SSSR count). The van der Waals surface area contributed by atoms with E-state index in [4.69, 9.17) is 20.6 Å². The number of rotatable bonds is 13. The predicted octanol–water partition coefficient (Wildman–Crippen LogP) is 7.53. The van der Waals surface area contributed by atoms with E-state index in [2.05, 4.69) is 41.8 Å². The molecule has 0 radical (unpaired) electrons. The van der Waals surface area contributed by atoms with Gasteiger partial charge in [0.25, 0.3) is 5.91 Å². The van der Waals surface area contributed by atoms with E-state index in [1.807, 2.05) is 45.0 Å². The van der Waals surface area contributed by atoms with Crippen molar-refractivity contribution in [3.8, 4) is 29.6 Å². The normalized spacial score (nSPS) is 13.4. The fourth-order valence-corrected chi connectivity index (χ4v) is 7.13. The van der Waals surface area contributed by atoms with Crippen LogP contribution in [0, 0.1) is 12.3 Å². The Hall–Kier alpha value is -6.34. The number of ether oxygens (including phenoxy) is 3. The van der Waals surface area contributed by atoms with Crippen LogP contribution >= 0.6 is 0 Å². The molecular weight excluding hydrogens is 771 g/mol. The Labute approximate surface area is 345 Å². The van der Waals surface area contributed by atoms with Crippen molar-refractivity contribution in [2.75, 3.05) is 73.4 Å². The van der Waals surface area contributed by atoms with Crippen LogP contribution in [0.1, 0.15) is 48.7 Å². The first kappa shape index (κ1) is 42.3. The van der Waals surface area contributed by atoms with Gasteiger partial charge in [0.05, 0.1) is 37.0 Å². The number of terminal acetylenes is 1. The highest BCUT2D eigenvalue weighted by atomic mass is 32.2. The third kappa shape index (κ3) is 11.4. The lowest BCUT2D eigenvalue weighted by Crippen LogP contribution is -2.36. The first-order chi connectivity index (χ1) is 28.2. The number of sulfonamides is 1. The predicted molar refractivity (Wildman–Crippen MR) is 233 cm³/mol. The van der Waals surface area contributed by atoms with Gasteiger partial charge in [-0.05, 0) is 65.9 Å². The highest BCUT2D eigenvalue weighted by Gasteiger charge is 2.23. The second-order valence-electron chi connectivity index (χ2n) is 15.1. The molecule has 0 atom stereocenters. The molecule has 1 saturated heterocycles. The van der Waals surface area contributed by atoms with E-state index >= 15 is 0 Å². The third-order valence-electron chi connectivity index (χ3n) is 9.46. The number of benzene rings is 4. The molecule has 2 heterocycles. The summed E-state index contributed by atoms with van der Waals surface area (Å²) in [4.78, 5) is 33.4. The number of hydrogen-bond donors (Lipinski definition) is 5. The summed E-state index contributed by atoms with van der Waals surface area (Å²) in [5, 5.41) is 13.4. The van der Waals surface area contributed by atoms with Gasteiger partial charge in [0.2, 0.25) is 10.0 Å². The van der Waals surface area contributed by atoms with Crippen molar-refractivity contribution in [3.63, 3.8) is 0 Å². The second kappa shape index (κ2) is 18.5. The van der Waals surface area contributed by atoms with Crippen molar-refractivity contribution in [1.29, 1.82) is 0 Å². The number of urea groups is 1. The van der Waals surface area contributed by atoms with E-state index in [9.17, 15) is 18.0 Å². The summed E-state index contributed by atoms with van der Waals surface area (Å²) in [6.45, 7) is 10.4. The zero-order valence-electron chi connectivity index (χ0n) is 33.8. The summed E-state index contributed by atoms with van der Waals surface area (Å²) in [6.07, 6.45) is 9.38. The lowest BCUT2D eigenvalue weighted by Gasteiger charge is -2.24. The average molecular weight is 820 g/mol. The summed E-state index contributed by atoms with van der Waals surface area (Å²) in [7, 11) is -2.24. The highest BCUT2D eigenvalue weighted by Crippen LogP contribution is 2.40. The summed E-state index contributed by atoms with van der Waals surface area (Å²) in [5.41, 5.74) is 2.96. The van der Waals surface area contributed by atoms with Gasteiger partial charge in [0.1, 0.15) is 17.3 Å². The maximum atomic E-state index is 13.5. The van der Waals surface area contributed by atoms with Gasteiger partial charge in [-0.1, -0.05) is 51.0 Å². The van der Waals surface area contributed by atoms with Crippen LogP contribution in [0.15, 0.2) is 85.1 Å². The van der Waals surface area contributed by atoms with Crippen LogP contribution in [0.25, 0.3) is 10.8 Å². The lowest BCUT2D eigenvalue weighted by molar-refractivity contribution is 0.0947. The van der Waals surface area contributed by atoms with Crippen LogP contribution in [0.3, 0.4) is 0 Å². The summed E-state index contributed by atoms with van der Waals surface area (Å²) >= 11 is 0. The zero-order valence-corrected chi connectivity index (χ0v) is 34.6. The van der Waals surface area contributed by atoms with E-state index in [1.165, 1.54) is 7.11 Å². The molecule has 1 aromatic heterocycles. The average Bonchev–Trinajstić information content (AvgIpc) is 3.46. The molecule has 5 aromatic rings. The number of aromatic nitrogens is 1. The van der Waals surface area contributed by atoms with Gasteiger partial charge >= 0.3 is 6.03 Å². The van der Waals surface area contributed by atoms with Crippen LogP contribution in [0.5, 0.6) is 17.2 Å². The fourth-order valence-electron chi connectivity index (χ4n) is 6.58. The monoisotopic (exact) mass is 819 g/mol. The van der Waals surface area contributed by atoms with E-state index in [-0.39, 0.29) is 28.4 Å². The largest absolute Gasteiger partial charge is 0.492 e. The molecule has 59 heavy (non-hydrogen) atoms. The Balaban J connectivity index is 1.17. The smallest absolute Gasteiger partial charge is 0.323 e. The maximum Gasteiger partial charge on any atom is 0.323 e. The van der Waals surface area contributed by atoms with E-state index in [1.54, 1.807) is 60.8 Å². The number of carbonyl (C=O) groups is 2. The topological polar surface area (TPSA) is 172 Å². The molecule has 0 aliphatic carbocycles. The first-order valence-electron chi connectivity index (χ1n) is 19.1. The molecular formula is C44H49N7O7S. The minimum Gasteiger partial charge on any atom is -0.492 e. The number of fused-ring (bicyclic) bond motifs is 1. The van der Waals surface area contributed by atoms with Crippen molar-refractivity contribution < 1.29 is 32.2 Å². The van der Waals surface area contributed by atoms with Crippen LogP contribution in [-0.4, -0.2) is 83.0 Å². The molecule has 5 N–H and O–H groups in total. The number of nitrogens with zero attached hydrogens (tertiary/aromatic N) is 2. The number of hydrogen-bond acceptors (Lipinski definition) is 10. The molecule has 1 aliphatic heterocycles. The highest BCUT2D eigenvalue weighted by molar-refractivity contribution is 7.92. The Morgan fingerprint density at radius 2 is 1.69 bits per heavy atom. The van der Waals surface area contributed by atoms with Gasteiger partial charge in [0, 0.05) is 72.6 Å². The molecule has 3 amide bonds. The molecule has 0 saturated carbocycles. The van der Waals surface area contributed by atoms with Gasteiger partial charge in [-0.15, -0.1) is 6.42 Å². The SMILES string of the molecule is C#Cc1cc(Nc2cc(Oc3ccc(NC(=O)Nc4cc(C(C)(C)C)cc(NS(C)(=O)=O)c4OC)c4ccccc34)ccn2)cc(C(=O)NCCN2CCCOCC2)c1. The second-order valence-corrected chi connectivity index (χ2v) is 16.8. The summed E-state index contributed by atoms with van der Waals surface area (Å²) in [5.74, 6) is 4.05. The Morgan fingerprint density at radius 1 is 0.932 bits per heavy atom. The minimum absolute atomic E-state index is 0.165. The Morgan fingerprint density at radius 3 is 2.44 bits per heavy atom. The molecule has 4 aromatic carbocycles. The number of amides is 3. The maximum absolute atomic E-state index is 13.5. The van der Waals surface area contributed by atoms with Gasteiger partial charge in [0.15, 0.2) is 5.75 Å². The number of nitrogens with one attached hydrogen (secondary N) is 5.